The van der Waals surface area contributed by atoms with E-state index >= 15 is 0 Å². The molecule has 1 aromatic carbocycles. The Balaban J connectivity index is 2.38. The van der Waals surface area contributed by atoms with Crippen molar-refractivity contribution in [1.82, 2.24) is 5.32 Å². The van der Waals surface area contributed by atoms with Crippen LogP contribution in [0.5, 0.6) is 0 Å². The van der Waals surface area contributed by atoms with E-state index in [1.54, 1.807) is 11.3 Å². The van der Waals surface area contributed by atoms with Gasteiger partial charge in [0.2, 0.25) is 0 Å². The molecular formula is C14H18N2S. The molecule has 1 heterocycles. The maximum absolute atomic E-state index is 5.90. The minimum absolute atomic E-state index is 0.116. The molecule has 1 aromatic heterocycles. The summed E-state index contributed by atoms with van der Waals surface area (Å²) in [5, 5.41) is 3.20. The fraction of sp³-hybridized carbons (Fsp3) is 0.286. The number of rotatable bonds is 4. The first-order valence-corrected chi connectivity index (χ1v) is 6.62. The van der Waals surface area contributed by atoms with Crippen molar-refractivity contribution in [2.24, 2.45) is 5.73 Å². The number of hydrogen-bond donors (Lipinski definition) is 2. The van der Waals surface area contributed by atoms with Gasteiger partial charge < -0.3 is 11.1 Å². The fourth-order valence-electron chi connectivity index (χ4n) is 1.85. The molecule has 0 saturated heterocycles. The molecule has 0 bridgehead atoms. The van der Waals surface area contributed by atoms with Crippen molar-refractivity contribution in [1.29, 1.82) is 0 Å². The first kappa shape index (κ1) is 12.3. The monoisotopic (exact) mass is 246 g/mol. The molecule has 90 valence electrons. The van der Waals surface area contributed by atoms with Crippen LogP contribution in [0, 0.1) is 0 Å². The average molecular weight is 246 g/mol. The predicted octanol–water partition coefficient (Wildman–Crippen LogP) is 3.15. The molecule has 0 aliphatic heterocycles. The van der Waals surface area contributed by atoms with E-state index in [1.165, 1.54) is 20.9 Å². The third-order valence-corrected chi connectivity index (χ3v) is 4.05. The molecule has 0 radical (unpaired) electrons. The lowest BCUT2D eigenvalue weighted by Gasteiger charge is -2.07. The van der Waals surface area contributed by atoms with Crippen LogP contribution in [0.1, 0.15) is 23.4 Å². The Labute approximate surface area is 106 Å². The summed E-state index contributed by atoms with van der Waals surface area (Å²) < 4.78 is 0. The quantitative estimate of drug-likeness (QED) is 0.869. The molecule has 17 heavy (non-hydrogen) atoms. The highest BCUT2D eigenvalue weighted by Crippen LogP contribution is 2.32. The molecule has 0 amide bonds. The zero-order valence-electron chi connectivity index (χ0n) is 10.2. The zero-order valence-corrected chi connectivity index (χ0v) is 11.1. The largest absolute Gasteiger partial charge is 0.324 e. The Bertz CT molecular complexity index is 488. The minimum Gasteiger partial charge on any atom is -0.324 e. The van der Waals surface area contributed by atoms with E-state index in [-0.39, 0.29) is 6.04 Å². The lowest BCUT2D eigenvalue weighted by Crippen LogP contribution is -2.05. The highest BCUT2D eigenvalue weighted by atomic mass is 32.1. The van der Waals surface area contributed by atoms with E-state index in [1.807, 2.05) is 14.0 Å². The van der Waals surface area contributed by atoms with Gasteiger partial charge in [0.15, 0.2) is 0 Å². The van der Waals surface area contributed by atoms with Gasteiger partial charge in [0.05, 0.1) is 0 Å². The Morgan fingerprint density at radius 3 is 2.65 bits per heavy atom. The summed E-state index contributed by atoms with van der Waals surface area (Å²) in [6, 6.07) is 12.9. The Morgan fingerprint density at radius 2 is 2.00 bits per heavy atom. The molecule has 0 spiro atoms. The Hall–Kier alpha value is -1.16. The van der Waals surface area contributed by atoms with Gasteiger partial charge in [-0.1, -0.05) is 24.3 Å². The molecule has 2 aromatic rings. The van der Waals surface area contributed by atoms with Crippen LogP contribution in [0.3, 0.4) is 0 Å². The van der Waals surface area contributed by atoms with Crippen LogP contribution >= 0.6 is 11.3 Å². The molecular weight excluding hydrogens is 228 g/mol. The molecule has 1 atom stereocenters. The number of nitrogens with two attached hydrogens (primary N) is 1. The minimum atomic E-state index is 0.116. The zero-order chi connectivity index (χ0) is 12.3. The number of nitrogens with one attached hydrogen (secondary N) is 1. The van der Waals surface area contributed by atoms with Crippen LogP contribution in [-0.4, -0.2) is 7.05 Å². The van der Waals surface area contributed by atoms with Gasteiger partial charge in [-0.15, -0.1) is 11.3 Å². The van der Waals surface area contributed by atoms with Gasteiger partial charge in [0.1, 0.15) is 0 Å². The van der Waals surface area contributed by atoms with Crippen LogP contribution in [0.25, 0.3) is 10.4 Å². The number of hydrogen-bond acceptors (Lipinski definition) is 3. The van der Waals surface area contributed by atoms with E-state index in [0.29, 0.717) is 0 Å². The standard InChI is InChI=1S/C14H18N2S/c1-10(15)13-7-8-14(17-13)12-6-4-3-5-11(12)9-16-2/h3-8,10,16H,9,15H2,1-2H3. The second kappa shape index (κ2) is 5.45. The maximum atomic E-state index is 5.90. The number of thiophene rings is 1. The molecule has 3 heteroatoms. The summed E-state index contributed by atoms with van der Waals surface area (Å²) in [6.07, 6.45) is 0. The first-order valence-electron chi connectivity index (χ1n) is 5.80. The van der Waals surface area contributed by atoms with Crippen molar-refractivity contribution in [2.75, 3.05) is 7.05 Å². The van der Waals surface area contributed by atoms with Gasteiger partial charge in [-0.2, -0.15) is 0 Å². The third-order valence-electron chi connectivity index (χ3n) is 2.73. The predicted molar refractivity (Wildman–Crippen MR) is 75.1 cm³/mol. The van der Waals surface area contributed by atoms with Crippen molar-refractivity contribution >= 4 is 11.3 Å². The van der Waals surface area contributed by atoms with Crippen LogP contribution in [-0.2, 0) is 6.54 Å². The first-order chi connectivity index (χ1) is 8.22. The van der Waals surface area contributed by atoms with E-state index in [0.717, 1.165) is 6.54 Å². The van der Waals surface area contributed by atoms with E-state index in [2.05, 4.69) is 41.7 Å². The smallest absolute Gasteiger partial charge is 0.0361 e. The van der Waals surface area contributed by atoms with Crippen LogP contribution < -0.4 is 11.1 Å². The van der Waals surface area contributed by atoms with E-state index in [9.17, 15) is 0 Å². The molecule has 1 unspecified atom stereocenters. The van der Waals surface area contributed by atoms with Gasteiger partial charge in [-0.3, -0.25) is 0 Å². The second-order valence-electron chi connectivity index (χ2n) is 4.18. The van der Waals surface area contributed by atoms with Crippen molar-refractivity contribution in [3.8, 4) is 10.4 Å². The van der Waals surface area contributed by atoms with E-state index < -0.39 is 0 Å². The highest BCUT2D eigenvalue weighted by Gasteiger charge is 2.08. The van der Waals surface area contributed by atoms with Crippen LogP contribution in [0.2, 0.25) is 0 Å². The molecule has 0 fully saturated rings. The van der Waals surface area contributed by atoms with Gasteiger partial charge in [0.25, 0.3) is 0 Å². The summed E-state index contributed by atoms with van der Waals surface area (Å²) in [7, 11) is 1.97. The van der Waals surface area contributed by atoms with Crippen molar-refractivity contribution in [3.05, 3.63) is 46.8 Å². The van der Waals surface area contributed by atoms with Gasteiger partial charge >= 0.3 is 0 Å². The molecule has 0 saturated carbocycles. The van der Waals surface area contributed by atoms with Gasteiger partial charge in [-0.05, 0) is 37.2 Å². The Morgan fingerprint density at radius 1 is 1.24 bits per heavy atom. The maximum Gasteiger partial charge on any atom is 0.0361 e. The molecule has 2 nitrogen and oxygen atoms in total. The van der Waals surface area contributed by atoms with Crippen molar-refractivity contribution in [2.45, 2.75) is 19.5 Å². The SMILES string of the molecule is CNCc1ccccc1-c1ccc(C(C)N)s1. The topological polar surface area (TPSA) is 38.0 Å². The second-order valence-corrected chi connectivity index (χ2v) is 5.29. The lowest BCUT2D eigenvalue weighted by molar-refractivity contribution is 0.820. The van der Waals surface area contributed by atoms with Crippen molar-refractivity contribution in [3.63, 3.8) is 0 Å². The van der Waals surface area contributed by atoms with Crippen molar-refractivity contribution < 1.29 is 0 Å². The number of benzene rings is 1. The summed E-state index contributed by atoms with van der Waals surface area (Å²) in [6.45, 7) is 2.91. The van der Waals surface area contributed by atoms with E-state index in [4.69, 9.17) is 5.73 Å². The fourth-order valence-corrected chi connectivity index (χ4v) is 2.87. The molecule has 3 N–H and O–H groups in total. The van der Waals surface area contributed by atoms with Crippen LogP contribution in [0.4, 0.5) is 0 Å². The molecule has 2 rings (SSSR count). The highest BCUT2D eigenvalue weighted by molar-refractivity contribution is 7.15. The van der Waals surface area contributed by atoms with Crippen LogP contribution in [0.15, 0.2) is 36.4 Å². The average Bonchev–Trinajstić information content (AvgIpc) is 2.79. The summed E-state index contributed by atoms with van der Waals surface area (Å²) in [4.78, 5) is 2.53. The summed E-state index contributed by atoms with van der Waals surface area (Å²) in [5.74, 6) is 0. The summed E-state index contributed by atoms with van der Waals surface area (Å²) >= 11 is 1.78. The third kappa shape index (κ3) is 2.75. The Kier molecular flexibility index (Phi) is 3.94. The molecule has 0 aliphatic rings. The summed E-state index contributed by atoms with van der Waals surface area (Å²) in [5.41, 5.74) is 8.53. The van der Waals surface area contributed by atoms with Gasteiger partial charge in [-0.25, -0.2) is 0 Å². The molecule has 0 aliphatic carbocycles. The normalized spacial score (nSPS) is 12.6. The van der Waals surface area contributed by atoms with Gasteiger partial charge in [0, 0.05) is 22.3 Å². The lowest BCUT2D eigenvalue weighted by atomic mass is 10.1.